The quantitative estimate of drug-likeness (QED) is 0.392. The van der Waals surface area contributed by atoms with Crippen molar-refractivity contribution in [2.24, 2.45) is 0 Å². The summed E-state index contributed by atoms with van der Waals surface area (Å²) in [6.45, 7) is 6.51. The Bertz CT molecular complexity index is 1180. The number of hydrogen-bond acceptors (Lipinski definition) is 7. The smallest absolute Gasteiger partial charge is 0.362 e. The highest BCUT2D eigenvalue weighted by molar-refractivity contribution is 7.62. The molecule has 0 amide bonds. The standard InChI is InChI=1S/C21H24N3O6P/c1-5-29-31(28,30-6-2)20-8-19-17(7-16(20)15-9-22-14(4)23-10-15)18(13(3)25)11-24(19)12-21(26)27/h7-11H,5-6,12H2,1-4H3,(H,26,27). The second kappa shape index (κ2) is 9.09. The molecule has 0 aliphatic heterocycles. The van der Waals surface area contributed by atoms with Gasteiger partial charge in [-0.3, -0.25) is 14.2 Å². The first-order valence-corrected chi connectivity index (χ1v) is 11.3. The average Bonchev–Trinajstić information content (AvgIpc) is 3.05. The highest BCUT2D eigenvalue weighted by atomic mass is 31.2. The van der Waals surface area contributed by atoms with Gasteiger partial charge in [0.25, 0.3) is 0 Å². The lowest BCUT2D eigenvalue weighted by atomic mass is 10.0. The lowest BCUT2D eigenvalue weighted by Crippen LogP contribution is -2.15. The molecule has 164 valence electrons. The molecule has 0 saturated carbocycles. The number of aromatic nitrogens is 3. The largest absolute Gasteiger partial charge is 0.480 e. The number of ketones is 1. The molecule has 9 nitrogen and oxygen atoms in total. The Hall–Kier alpha value is -2.87. The van der Waals surface area contributed by atoms with Crippen LogP contribution in [0.25, 0.3) is 22.0 Å². The molecule has 1 aromatic carbocycles. The number of carbonyl (C=O) groups excluding carboxylic acids is 1. The fourth-order valence-electron chi connectivity index (χ4n) is 3.39. The Morgan fingerprint density at radius 1 is 1.13 bits per heavy atom. The second-order valence-electron chi connectivity index (χ2n) is 6.86. The number of hydrogen-bond donors (Lipinski definition) is 1. The molecule has 0 aliphatic rings. The van der Waals surface area contributed by atoms with E-state index in [-0.39, 0.29) is 30.8 Å². The Morgan fingerprint density at radius 2 is 1.74 bits per heavy atom. The third-order valence-corrected chi connectivity index (χ3v) is 6.82. The summed E-state index contributed by atoms with van der Waals surface area (Å²) in [6.07, 6.45) is 4.68. The van der Waals surface area contributed by atoms with Gasteiger partial charge in [0.2, 0.25) is 0 Å². The summed E-state index contributed by atoms with van der Waals surface area (Å²) in [4.78, 5) is 32.1. The minimum atomic E-state index is -3.76. The number of rotatable bonds is 9. The van der Waals surface area contributed by atoms with Crippen molar-refractivity contribution >= 4 is 35.6 Å². The molecule has 2 aromatic heterocycles. The molecule has 0 unspecified atom stereocenters. The normalized spacial score (nSPS) is 11.7. The van der Waals surface area contributed by atoms with Crippen molar-refractivity contribution in [3.8, 4) is 11.1 Å². The van der Waals surface area contributed by atoms with Crippen LogP contribution < -0.4 is 5.30 Å². The van der Waals surface area contributed by atoms with Crippen LogP contribution in [0.15, 0.2) is 30.7 Å². The molecule has 3 aromatic rings. The number of aliphatic carboxylic acids is 1. The van der Waals surface area contributed by atoms with Crippen LogP contribution in [0.1, 0.15) is 37.0 Å². The lowest BCUT2D eigenvalue weighted by Gasteiger charge is -2.21. The molecule has 0 spiro atoms. The van der Waals surface area contributed by atoms with Gasteiger partial charge in [-0.1, -0.05) is 0 Å². The highest BCUT2D eigenvalue weighted by Gasteiger charge is 2.32. The molecule has 1 N–H and O–H groups in total. The van der Waals surface area contributed by atoms with Crippen molar-refractivity contribution in [1.82, 2.24) is 14.5 Å². The molecular formula is C21H24N3O6P. The van der Waals surface area contributed by atoms with Gasteiger partial charge in [0.15, 0.2) is 5.78 Å². The maximum atomic E-state index is 13.7. The molecule has 2 heterocycles. The summed E-state index contributed by atoms with van der Waals surface area (Å²) in [5.74, 6) is -0.714. The summed E-state index contributed by atoms with van der Waals surface area (Å²) in [7, 11) is -3.76. The molecule has 0 radical (unpaired) electrons. The maximum absolute atomic E-state index is 13.7. The number of Topliss-reactive ketones (excluding diaryl/α,β-unsaturated/α-hetero) is 1. The highest BCUT2D eigenvalue weighted by Crippen LogP contribution is 2.50. The van der Waals surface area contributed by atoms with E-state index in [4.69, 9.17) is 9.05 Å². The van der Waals surface area contributed by atoms with E-state index in [1.807, 2.05) is 0 Å². The van der Waals surface area contributed by atoms with Crippen LogP contribution >= 0.6 is 7.60 Å². The van der Waals surface area contributed by atoms with E-state index in [2.05, 4.69) is 9.97 Å². The fraction of sp³-hybridized carbons (Fsp3) is 0.333. The zero-order chi connectivity index (χ0) is 22.8. The average molecular weight is 445 g/mol. The van der Waals surface area contributed by atoms with Crippen molar-refractivity contribution < 1.29 is 28.3 Å². The van der Waals surface area contributed by atoms with Gasteiger partial charge in [0, 0.05) is 40.7 Å². The first-order valence-electron chi connectivity index (χ1n) is 9.78. The molecule has 0 bridgehead atoms. The van der Waals surface area contributed by atoms with Gasteiger partial charge in [-0.25, -0.2) is 9.97 Å². The summed E-state index contributed by atoms with van der Waals surface area (Å²) in [5, 5.41) is 10.1. The first-order chi connectivity index (χ1) is 14.7. The van der Waals surface area contributed by atoms with E-state index in [0.717, 1.165) is 0 Å². The maximum Gasteiger partial charge on any atom is 0.362 e. The van der Waals surface area contributed by atoms with E-state index in [1.165, 1.54) is 17.7 Å². The minimum absolute atomic E-state index is 0.147. The Balaban J connectivity index is 2.41. The van der Waals surface area contributed by atoms with E-state index >= 15 is 0 Å². The van der Waals surface area contributed by atoms with Gasteiger partial charge >= 0.3 is 13.6 Å². The predicted octanol–water partition coefficient (Wildman–Crippen LogP) is 3.59. The number of carbonyl (C=O) groups is 2. The molecule has 10 heteroatoms. The number of nitrogens with zero attached hydrogens (tertiary/aromatic N) is 3. The summed E-state index contributed by atoms with van der Waals surface area (Å²) in [6, 6.07) is 3.27. The first kappa shape index (κ1) is 22.8. The van der Waals surface area contributed by atoms with Gasteiger partial charge < -0.3 is 18.7 Å². The van der Waals surface area contributed by atoms with Crippen molar-refractivity contribution in [3.05, 3.63) is 42.1 Å². The molecule has 0 fully saturated rings. The van der Waals surface area contributed by atoms with Crippen LogP contribution in [0.4, 0.5) is 0 Å². The van der Waals surface area contributed by atoms with Crippen molar-refractivity contribution in [3.63, 3.8) is 0 Å². The Kier molecular flexibility index (Phi) is 6.69. The predicted molar refractivity (Wildman–Crippen MR) is 116 cm³/mol. The molecular weight excluding hydrogens is 421 g/mol. The third kappa shape index (κ3) is 4.58. The van der Waals surface area contributed by atoms with E-state index in [9.17, 15) is 19.3 Å². The number of benzene rings is 1. The fourth-order valence-corrected chi connectivity index (χ4v) is 5.19. The molecule has 0 saturated heterocycles. The number of carboxylic acids is 1. The molecule has 0 atom stereocenters. The number of fused-ring (bicyclic) bond motifs is 1. The molecule has 0 aliphatic carbocycles. The Morgan fingerprint density at radius 3 is 2.26 bits per heavy atom. The topological polar surface area (TPSA) is 121 Å². The van der Waals surface area contributed by atoms with Crippen LogP contribution in [-0.2, 0) is 25.0 Å². The monoisotopic (exact) mass is 445 g/mol. The van der Waals surface area contributed by atoms with Gasteiger partial charge in [-0.05, 0) is 39.8 Å². The van der Waals surface area contributed by atoms with E-state index in [1.54, 1.807) is 45.3 Å². The molecule has 3 rings (SSSR count). The van der Waals surface area contributed by atoms with Gasteiger partial charge in [-0.15, -0.1) is 0 Å². The van der Waals surface area contributed by atoms with E-state index in [0.29, 0.717) is 33.4 Å². The van der Waals surface area contributed by atoms with E-state index < -0.39 is 13.6 Å². The van der Waals surface area contributed by atoms with Crippen LogP contribution in [0.2, 0.25) is 0 Å². The van der Waals surface area contributed by atoms with Crippen molar-refractivity contribution in [1.29, 1.82) is 0 Å². The van der Waals surface area contributed by atoms with Crippen LogP contribution in [0, 0.1) is 6.92 Å². The molecule has 31 heavy (non-hydrogen) atoms. The number of carboxylic acid groups (broad SMARTS) is 1. The third-order valence-electron chi connectivity index (χ3n) is 4.67. The zero-order valence-corrected chi connectivity index (χ0v) is 18.7. The van der Waals surface area contributed by atoms with Crippen molar-refractivity contribution in [2.45, 2.75) is 34.2 Å². The van der Waals surface area contributed by atoms with Gasteiger partial charge in [0.1, 0.15) is 12.4 Å². The second-order valence-corrected chi connectivity index (χ2v) is 8.85. The Labute approximate surface area is 179 Å². The lowest BCUT2D eigenvalue weighted by molar-refractivity contribution is -0.137. The van der Waals surface area contributed by atoms with Crippen LogP contribution in [0.3, 0.4) is 0 Å². The van der Waals surface area contributed by atoms with Crippen molar-refractivity contribution in [2.75, 3.05) is 13.2 Å². The van der Waals surface area contributed by atoms with Crippen LogP contribution in [0.5, 0.6) is 0 Å². The minimum Gasteiger partial charge on any atom is -0.480 e. The van der Waals surface area contributed by atoms with Gasteiger partial charge in [0.05, 0.1) is 24.0 Å². The summed E-state index contributed by atoms with van der Waals surface area (Å²) >= 11 is 0. The summed E-state index contributed by atoms with van der Waals surface area (Å²) < 4.78 is 26.3. The summed E-state index contributed by atoms with van der Waals surface area (Å²) in [5.41, 5.74) is 1.87. The van der Waals surface area contributed by atoms with Gasteiger partial charge in [-0.2, -0.15) is 0 Å². The SMILES string of the molecule is CCOP(=O)(OCC)c1cc2c(cc1-c1cnc(C)nc1)c(C(C)=O)cn2CC(=O)O. The van der Waals surface area contributed by atoms with Crippen LogP contribution in [-0.4, -0.2) is 44.6 Å². The number of aryl methyl sites for hydroxylation is 1. The zero-order valence-electron chi connectivity index (χ0n) is 17.8.